The van der Waals surface area contributed by atoms with Crippen LogP contribution in [-0.2, 0) is 0 Å². The highest BCUT2D eigenvalue weighted by molar-refractivity contribution is 7.60. The van der Waals surface area contributed by atoms with E-state index < -0.39 is 14.0 Å². The minimum absolute atomic E-state index is 0.594. The van der Waals surface area contributed by atoms with Crippen molar-refractivity contribution in [2.45, 2.75) is 19.2 Å². The van der Waals surface area contributed by atoms with Crippen LogP contribution in [0, 0.1) is 0 Å². The first kappa shape index (κ1) is 9.66. The standard InChI is InChI=1S/C9H13O2P/c1-2-9(10)12(11)8-6-4-3-5-7-8/h3-7,9-11H,2H2,1H3. The van der Waals surface area contributed by atoms with E-state index in [0.717, 1.165) is 5.30 Å². The molecule has 2 atom stereocenters. The van der Waals surface area contributed by atoms with E-state index in [1.165, 1.54) is 0 Å². The van der Waals surface area contributed by atoms with Gasteiger partial charge in [-0.2, -0.15) is 0 Å². The van der Waals surface area contributed by atoms with Gasteiger partial charge in [0.2, 0.25) is 0 Å². The third-order valence-electron chi connectivity index (χ3n) is 1.67. The zero-order valence-corrected chi connectivity index (χ0v) is 7.91. The van der Waals surface area contributed by atoms with E-state index in [2.05, 4.69) is 0 Å². The molecule has 0 saturated heterocycles. The van der Waals surface area contributed by atoms with Crippen molar-refractivity contribution in [2.75, 3.05) is 0 Å². The maximum absolute atomic E-state index is 9.60. The van der Waals surface area contributed by atoms with Gasteiger partial charge in [0.15, 0.2) is 0 Å². The van der Waals surface area contributed by atoms with Crippen molar-refractivity contribution in [3.05, 3.63) is 30.3 Å². The minimum Gasteiger partial charge on any atom is -0.386 e. The van der Waals surface area contributed by atoms with Crippen molar-refractivity contribution in [1.82, 2.24) is 0 Å². The van der Waals surface area contributed by atoms with E-state index in [0.29, 0.717) is 6.42 Å². The van der Waals surface area contributed by atoms with Crippen LogP contribution < -0.4 is 5.30 Å². The first-order valence-corrected chi connectivity index (χ1v) is 5.33. The van der Waals surface area contributed by atoms with Crippen LogP contribution in [0.15, 0.2) is 30.3 Å². The van der Waals surface area contributed by atoms with Crippen LogP contribution in [0.25, 0.3) is 0 Å². The molecule has 0 aliphatic carbocycles. The highest BCUT2D eigenvalue weighted by atomic mass is 31.1. The molecule has 0 heterocycles. The van der Waals surface area contributed by atoms with Gasteiger partial charge in [0, 0.05) is 5.30 Å². The molecular weight excluding hydrogens is 171 g/mol. The molecule has 0 radical (unpaired) electrons. The van der Waals surface area contributed by atoms with Gasteiger partial charge in [-0.05, 0) is 6.42 Å². The Bertz CT molecular complexity index is 225. The molecule has 66 valence electrons. The number of aliphatic hydroxyl groups excluding tert-OH is 1. The van der Waals surface area contributed by atoms with Gasteiger partial charge in [-0.3, -0.25) is 0 Å². The smallest absolute Gasteiger partial charge is 0.101 e. The van der Waals surface area contributed by atoms with E-state index in [9.17, 15) is 10.00 Å². The van der Waals surface area contributed by atoms with Crippen molar-refractivity contribution in [2.24, 2.45) is 0 Å². The van der Waals surface area contributed by atoms with Crippen molar-refractivity contribution in [3.8, 4) is 0 Å². The fraction of sp³-hybridized carbons (Fsp3) is 0.333. The van der Waals surface area contributed by atoms with E-state index in [1.807, 2.05) is 37.3 Å². The molecule has 2 nitrogen and oxygen atoms in total. The van der Waals surface area contributed by atoms with Crippen molar-refractivity contribution in [1.29, 1.82) is 0 Å². The predicted molar refractivity (Wildman–Crippen MR) is 51.5 cm³/mol. The summed E-state index contributed by atoms with van der Waals surface area (Å²) in [6, 6.07) is 9.30. The monoisotopic (exact) mass is 184 g/mol. The van der Waals surface area contributed by atoms with Gasteiger partial charge in [-0.1, -0.05) is 37.3 Å². The average Bonchev–Trinajstić information content (AvgIpc) is 2.17. The average molecular weight is 184 g/mol. The zero-order valence-electron chi connectivity index (χ0n) is 7.01. The van der Waals surface area contributed by atoms with Crippen molar-refractivity contribution < 1.29 is 10.00 Å². The molecule has 1 rings (SSSR count). The molecule has 2 N–H and O–H groups in total. The Morgan fingerprint density at radius 3 is 2.42 bits per heavy atom. The summed E-state index contributed by atoms with van der Waals surface area (Å²) in [5.41, 5.74) is 0. The van der Waals surface area contributed by atoms with Crippen LogP contribution >= 0.6 is 8.15 Å². The number of hydrogen-bond donors (Lipinski definition) is 2. The van der Waals surface area contributed by atoms with Crippen molar-refractivity contribution >= 4 is 13.5 Å². The second-order valence-electron chi connectivity index (χ2n) is 2.57. The zero-order chi connectivity index (χ0) is 8.97. The van der Waals surface area contributed by atoms with Gasteiger partial charge >= 0.3 is 0 Å². The van der Waals surface area contributed by atoms with Gasteiger partial charge < -0.3 is 10.00 Å². The SMILES string of the molecule is CCC(O)P(O)c1ccccc1. The molecule has 0 fully saturated rings. The van der Waals surface area contributed by atoms with E-state index in [1.54, 1.807) is 0 Å². The van der Waals surface area contributed by atoms with Crippen molar-refractivity contribution in [3.63, 3.8) is 0 Å². The summed E-state index contributed by atoms with van der Waals surface area (Å²) in [5.74, 6) is -0.595. The van der Waals surface area contributed by atoms with Gasteiger partial charge in [-0.25, -0.2) is 0 Å². The fourth-order valence-corrected chi connectivity index (χ4v) is 2.09. The Morgan fingerprint density at radius 2 is 1.92 bits per heavy atom. The number of hydrogen-bond acceptors (Lipinski definition) is 2. The fourth-order valence-electron chi connectivity index (χ4n) is 0.926. The van der Waals surface area contributed by atoms with Crippen LogP contribution in [-0.4, -0.2) is 15.8 Å². The highest BCUT2D eigenvalue weighted by Gasteiger charge is 2.15. The summed E-state index contributed by atoms with van der Waals surface area (Å²) >= 11 is 0. The quantitative estimate of drug-likeness (QED) is 0.697. The summed E-state index contributed by atoms with van der Waals surface area (Å²) in [6.07, 6.45) is 0.594. The predicted octanol–water partition coefficient (Wildman–Crippen LogP) is 1.43. The van der Waals surface area contributed by atoms with Crippen LogP contribution in [0.1, 0.15) is 13.3 Å². The Labute approximate surface area is 73.7 Å². The second kappa shape index (κ2) is 4.56. The lowest BCUT2D eigenvalue weighted by Crippen LogP contribution is -2.11. The minimum atomic E-state index is -1.38. The van der Waals surface area contributed by atoms with Gasteiger partial charge in [0.25, 0.3) is 0 Å². The van der Waals surface area contributed by atoms with Crippen LogP contribution in [0.4, 0.5) is 0 Å². The summed E-state index contributed by atoms with van der Waals surface area (Å²) < 4.78 is 0. The molecule has 0 amide bonds. The van der Waals surface area contributed by atoms with E-state index >= 15 is 0 Å². The molecule has 12 heavy (non-hydrogen) atoms. The van der Waals surface area contributed by atoms with Gasteiger partial charge in [0.05, 0.1) is 8.15 Å². The highest BCUT2D eigenvalue weighted by Crippen LogP contribution is 2.34. The molecule has 0 saturated carbocycles. The number of benzene rings is 1. The molecule has 2 unspecified atom stereocenters. The molecule has 1 aromatic rings. The van der Waals surface area contributed by atoms with Crippen LogP contribution in [0.2, 0.25) is 0 Å². The molecule has 1 aromatic carbocycles. The Balaban J connectivity index is 2.71. The van der Waals surface area contributed by atoms with Gasteiger partial charge in [0.1, 0.15) is 5.85 Å². The molecule has 0 aliphatic rings. The topological polar surface area (TPSA) is 40.5 Å². The summed E-state index contributed by atoms with van der Waals surface area (Å²) in [6.45, 7) is 1.86. The first-order valence-electron chi connectivity index (χ1n) is 3.97. The summed E-state index contributed by atoms with van der Waals surface area (Å²) in [5, 5.41) is 10.2. The number of rotatable bonds is 3. The van der Waals surface area contributed by atoms with Crippen LogP contribution in [0.3, 0.4) is 0 Å². The lowest BCUT2D eigenvalue weighted by atomic mass is 10.4. The second-order valence-corrected chi connectivity index (χ2v) is 4.37. The van der Waals surface area contributed by atoms with Crippen LogP contribution in [0.5, 0.6) is 0 Å². The largest absolute Gasteiger partial charge is 0.386 e. The molecule has 3 heteroatoms. The van der Waals surface area contributed by atoms with Gasteiger partial charge in [-0.15, -0.1) is 0 Å². The molecule has 0 aliphatic heterocycles. The third-order valence-corrected chi connectivity index (χ3v) is 3.43. The lowest BCUT2D eigenvalue weighted by Gasteiger charge is -2.15. The van der Waals surface area contributed by atoms with E-state index in [-0.39, 0.29) is 0 Å². The molecule has 0 aromatic heterocycles. The maximum atomic E-state index is 9.60. The molecule has 0 bridgehead atoms. The van der Waals surface area contributed by atoms with E-state index in [4.69, 9.17) is 0 Å². The first-order chi connectivity index (χ1) is 5.75. The Morgan fingerprint density at radius 1 is 1.33 bits per heavy atom. The molecule has 0 spiro atoms. The lowest BCUT2D eigenvalue weighted by molar-refractivity contribution is 0.244. The maximum Gasteiger partial charge on any atom is 0.101 e. The Kier molecular flexibility index (Phi) is 3.67. The summed E-state index contributed by atoms with van der Waals surface area (Å²) in [7, 11) is -1.38. The number of aliphatic hydroxyl groups is 1. The normalized spacial score (nSPS) is 15.6. The molecular formula is C9H13O2P. The Hall–Kier alpha value is -0.430. The third kappa shape index (κ3) is 2.28. The summed E-state index contributed by atoms with van der Waals surface area (Å²) in [4.78, 5) is 9.60.